The molecule has 24 heavy (non-hydrogen) atoms. The topological polar surface area (TPSA) is 101 Å². The second kappa shape index (κ2) is 5.43. The molecule has 0 bridgehead atoms. The zero-order valence-corrected chi connectivity index (χ0v) is 12.9. The lowest BCUT2D eigenvalue weighted by Gasteiger charge is -2.00. The minimum atomic E-state index is -1.08. The van der Waals surface area contributed by atoms with Crippen LogP contribution in [-0.2, 0) is 0 Å². The molecule has 0 aliphatic rings. The van der Waals surface area contributed by atoms with Crippen LogP contribution < -0.4 is 5.56 Å². The summed E-state index contributed by atoms with van der Waals surface area (Å²) in [5.41, 5.74) is 1.36. The number of nitrogens with one attached hydrogen (secondary N) is 1. The molecule has 0 atom stereocenters. The van der Waals surface area contributed by atoms with E-state index in [0.29, 0.717) is 21.7 Å². The van der Waals surface area contributed by atoms with E-state index < -0.39 is 5.97 Å². The number of fused-ring (bicyclic) bond motifs is 1. The maximum absolute atomic E-state index is 12.2. The van der Waals surface area contributed by atoms with Crippen LogP contribution in [0.15, 0.2) is 53.5 Å². The van der Waals surface area contributed by atoms with Gasteiger partial charge in [0.2, 0.25) is 0 Å². The molecule has 0 spiro atoms. The summed E-state index contributed by atoms with van der Waals surface area (Å²) in [4.78, 5) is 30.3. The minimum Gasteiger partial charge on any atom is -0.477 e. The Hall–Kier alpha value is -3.26. The van der Waals surface area contributed by atoms with E-state index >= 15 is 0 Å². The number of rotatable bonds is 3. The van der Waals surface area contributed by atoms with Gasteiger partial charge in [0.15, 0.2) is 5.82 Å². The number of hydrogen-bond donors (Lipinski definition) is 2. The molecule has 7 nitrogen and oxygen atoms in total. The molecule has 0 saturated carbocycles. The Labute approximate surface area is 138 Å². The predicted molar refractivity (Wildman–Crippen MR) is 89.8 cm³/mol. The van der Waals surface area contributed by atoms with Gasteiger partial charge in [0.05, 0.1) is 11.2 Å². The number of nitrogens with zero attached hydrogens (tertiary/aromatic N) is 3. The summed E-state index contributed by atoms with van der Waals surface area (Å²) in [7, 11) is 0. The van der Waals surface area contributed by atoms with Crippen molar-refractivity contribution < 1.29 is 9.90 Å². The molecule has 3 aromatic heterocycles. The van der Waals surface area contributed by atoms with Crippen molar-refractivity contribution in [2.75, 3.05) is 0 Å². The Kier molecular flexibility index (Phi) is 3.24. The van der Waals surface area contributed by atoms with Crippen molar-refractivity contribution in [3.63, 3.8) is 0 Å². The molecule has 4 aromatic rings. The number of hydrogen-bond acceptors (Lipinski definition) is 5. The summed E-state index contributed by atoms with van der Waals surface area (Å²) in [6.07, 6.45) is 1.77. The van der Waals surface area contributed by atoms with Gasteiger partial charge in [0.1, 0.15) is 15.3 Å². The molecule has 2 N–H and O–H groups in total. The molecule has 118 valence electrons. The van der Waals surface area contributed by atoms with Crippen molar-refractivity contribution in [3.8, 4) is 17.2 Å². The number of H-pyrrole nitrogens is 1. The SMILES string of the molecule is O=C(O)c1cc2nc(-c3ccn(-c4ccccc4)n3)[nH]c(=O)c2s1. The molecule has 0 unspecified atom stereocenters. The molecule has 1 aromatic carbocycles. The monoisotopic (exact) mass is 338 g/mol. The predicted octanol–water partition coefficient (Wildman–Crippen LogP) is 2.54. The fourth-order valence-electron chi connectivity index (χ4n) is 2.34. The van der Waals surface area contributed by atoms with Crippen LogP contribution in [-0.4, -0.2) is 30.8 Å². The Morgan fingerprint density at radius 3 is 2.75 bits per heavy atom. The normalized spacial score (nSPS) is 11.0. The Balaban J connectivity index is 1.81. The summed E-state index contributed by atoms with van der Waals surface area (Å²) >= 11 is 0.907. The molecule has 0 radical (unpaired) electrons. The third-order valence-corrected chi connectivity index (χ3v) is 4.56. The van der Waals surface area contributed by atoms with Crippen LogP contribution in [0.5, 0.6) is 0 Å². The van der Waals surface area contributed by atoms with E-state index in [1.807, 2.05) is 30.3 Å². The van der Waals surface area contributed by atoms with E-state index in [2.05, 4.69) is 15.1 Å². The highest BCUT2D eigenvalue weighted by atomic mass is 32.1. The van der Waals surface area contributed by atoms with Crippen molar-refractivity contribution in [2.45, 2.75) is 0 Å². The number of aromatic nitrogens is 4. The number of para-hydroxylation sites is 1. The standard InChI is InChI=1S/C16H10N4O3S/c21-15-13-11(8-12(24-13)16(22)23)17-14(18-15)10-6-7-20(19-10)9-4-2-1-3-5-9/h1-8H,(H,22,23)(H,17,18,21). The van der Waals surface area contributed by atoms with Crippen molar-refractivity contribution in [1.29, 1.82) is 0 Å². The summed E-state index contributed by atoms with van der Waals surface area (Å²) < 4.78 is 1.97. The van der Waals surface area contributed by atoms with Gasteiger partial charge >= 0.3 is 5.97 Å². The second-order valence-corrected chi connectivity index (χ2v) is 6.08. The van der Waals surface area contributed by atoms with E-state index in [9.17, 15) is 9.59 Å². The molecule has 0 aliphatic carbocycles. The molecule has 0 amide bonds. The lowest BCUT2D eigenvalue weighted by atomic mass is 10.3. The van der Waals surface area contributed by atoms with E-state index in [1.165, 1.54) is 6.07 Å². The largest absolute Gasteiger partial charge is 0.477 e. The molecule has 0 saturated heterocycles. The fraction of sp³-hybridized carbons (Fsp3) is 0. The third-order valence-electron chi connectivity index (χ3n) is 3.45. The average molecular weight is 338 g/mol. The molecule has 8 heteroatoms. The quantitative estimate of drug-likeness (QED) is 0.598. The molecule has 3 heterocycles. The van der Waals surface area contributed by atoms with Gasteiger partial charge in [-0.1, -0.05) is 18.2 Å². The number of thiophene rings is 1. The zero-order valence-electron chi connectivity index (χ0n) is 12.1. The van der Waals surface area contributed by atoms with Gasteiger partial charge in [-0.2, -0.15) is 5.10 Å². The Morgan fingerprint density at radius 1 is 1.21 bits per heavy atom. The summed E-state index contributed by atoms with van der Waals surface area (Å²) in [6, 6.07) is 12.7. The van der Waals surface area contributed by atoms with Crippen LogP contribution in [0.2, 0.25) is 0 Å². The van der Waals surface area contributed by atoms with Gasteiger partial charge < -0.3 is 10.1 Å². The summed E-state index contributed by atoms with van der Waals surface area (Å²) in [6.45, 7) is 0. The van der Waals surface area contributed by atoms with Crippen molar-refractivity contribution in [2.24, 2.45) is 0 Å². The highest BCUT2D eigenvalue weighted by molar-refractivity contribution is 7.20. The first kappa shape index (κ1) is 14.3. The smallest absolute Gasteiger partial charge is 0.345 e. The van der Waals surface area contributed by atoms with Gasteiger partial charge in [0.25, 0.3) is 5.56 Å². The lowest BCUT2D eigenvalue weighted by Crippen LogP contribution is -2.08. The Morgan fingerprint density at radius 2 is 2.00 bits per heavy atom. The van der Waals surface area contributed by atoms with E-state index in [4.69, 9.17) is 5.11 Å². The van der Waals surface area contributed by atoms with Gasteiger partial charge in [-0.3, -0.25) is 4.79 Å². The maximum atomic E-state index is 12.2. The number of benzene rings is 1. The van der Waals surface area contributed by atoms with Gasteiger partial charge in [-0.05, 0) is 24.3 Å². The molecular formula is C16H10N4O3S. The fourth-order valence-corrected chi connectivity index (χ4v) is 3.17. The van der Waals surface area contributed by atoms with Crippen molar-refractivity contribution >= 4 is 27.5 Å². The molecular weight excluding hydrogens is 328 g/mol. The third kappa shape index (κ3) is 2.38. The number of carboxylic acid groups (broad SMARTS) is 1. The van der Waals surface area contributed by atoms with Crippen LogP contribution in [0.3, 0.4) is 0 Å². The van der Waals surface area contributed by atoms with Crippen LogP contribution in [0, 0.1) is 0 Å². The van der Waals surface area contributed by atoms with Crippen LogP contribution in [0.25, 0.3) is 27.4 Å². The second-order valence-electron chi connectivity index (χ2n) is 5.03. The van der Waals surface area contributed by atoms with E-state index in [0.717, 1.165) is 17.0 Å². The summed E-state index contributed by atoms with van der Waals surface area (Å²) in [5, 5.41) is 13.5. The highest BCUT2D eigenvalue weighted by Gasteiger charge is 2.15. The average Bonchev–Trinajstić information content (AvgIpc) is 3.23. The first-order valence-electron chi connectivity index (χ1n) is 7.00. The number of carbonyl (C=O) groups is 1. The minimum absolute atomic E-state index is 0.0787. The van der Waals surface area contributed by atoms with Gasteiger partial charge in [-0.15, -0.1) is 11.3 Å². The first-order chi connectivity index (χ1) is 11.6. The summed E-state index contributed by atoms with van der Waals surface area (Å²) in [5.74, 6) is -0.774. The lowest BCUT2D eigenvalue weighted by molar-refractivity contribution is 0.0702. The number of carboxylic acids is 1. The molecule has 0 aliphatic heterocycles. The van der Waals surface area contributed by atoms with E-state index in [1.54, 1.807) is 16.9 Å². The Bertz CT molecular complexity index is 1110. The zero-order chi connectivity index (χ0) is 16.7. The van der Waals surface area contributed by atoms with E-state index in [-0.39, 0.29) is 10.4 Å². The van der Waals surface area contributed by atoms with Crippen molar-refractivity contribution in [1.82, 2.24) is 19.7 Å². The maximum Gasteiger partial charge on any atom is 0.345 e. The van der Waals surface area contributed by atoms with Crippen LogP contribution in [0.1, 0.15) is 9.67 Å². The molecule has 0 fully saturated rings. The highest BCUT2D eigenvalue weighted by Crippen LogP contribution is 2.23. The van der Waals surface area contributed by atoms with Gasteiger partial charge in [0, 0.05) is 6.20 Å². The van der Waals surface area contributed by atoms with Crippen molar-refractivity contribution in [3.05, 3.63) is 63.9 Å². The van der Waals surface area contributed by atoms with Gasteiger partial charge in [-0.25, -0.2) is 14.5 Å². The number of aromatic amines is 1. The van der Waals surface area contributed by atoms with Crippen LogP contribution in [0.4, 0.5) is 0 Å². The number of aromatic carboxylic acids is 1. The van der Waals surface area contributed by atoms with Crippen LogP contribution >= 0.6 is 11.3 Å². The molecule has 4 rings (SSSR count). The first-order valence-corrected chi connectivity index (χ1v) is 7.82.